The third-order valence-corrected chi connectivity index (χ3v) is 4.16. The molecule has 0 saturated heterocycles. The summed E-state index contributed by atoms with van der Waals surface area (Å²) in [4.78, 5) is 30.4. The first-order chi connectivity index (χ1) is 13.0. The molecule has 140 valence electrons. The van der Waals surface area contributed by atoms with E-state index in [1.54, 1.807) is 24.3 Å². The van der Waals surface area contributed by atoms with Crippen LogP contribution in [0.25, 0.3) is 0 Å². The summed E-state index contributed by atoms with van der Waals surface area (Å²) in [5, 5.41) is 17.9. The normalized spacial score (nSPS) is 16.0. The van der Waals surface area contributed by atoms with E-state index in [4.69, 9.17) is 0 Å². The molecule has 0 saturated carbocycles. The highest BCUT2D eigenvalue weighted by Gasteiger charge is 2.36. The zero-order valence-electron chi connectivity index (χ0n) is 15.2. The number of amides is 1. The van der Waals surface area contributed by atoms with Gasteiger partial charge in [-0.15, -0.1) is 0 Å². The minimum Gasteiger partial charge on any atom is -0.480 e. The summed E-state index contributed by atoms with van der Waals surface area (Å²) < 4.78 is 0. The van der Waals surface area contributed by atoms with Gasteiger partial charge in [0.15, 0.2) is 6.04 Å². The van der Waals surface area contributed by atoms with Gasteiger partial charge in [0.25, 0.3) is 5.91 Å². The molecule has 1 atom stereocenters. The quantitative estimate of drug-likeness (QED) is 0.803. The maximum atomic E-state index is 12.5. The van der Waals surface area contributed by atoms with E-state index in [0.717, 1.165) is 5.82 Å². The van der Waals surface area contributed by atoms with E-state index in [0.29, 0.717) is 11.4 Å². The number of nitrogens with zero attached hydrogens (tertiary/aromatic N) is 4. The van der Waals surface area contributed by atoms with Gasteiger partial charge in [-0.05, 0) is 24.3 Å². The lowest BCUT2D eigenvalue weighted by Crippen LogP contribution is -2.35. The van der Waals surface area contributed by atoms with Crippen LogP contribution < -0.4 is 15.2 Å². The Morgan fingerprint density at radius 1 is 1.19 bits per heavy atom. The number of pyridine rings is 1. The molecular formula is C19H21N5O3. The van der Waals surface area contributed by atoms with Gasteiger partial charge in [0.2, 0.25) is 0 Å². The molecule has 2 N–H and O–H groups in total. The number of rotatable bonds is 6. The van der Waals surface area contributed by atoms with Crippen molar-refractivity contribution in [3.8, 4) is 0 Å². The second kappa shape index (κ2) is 7.86. The molecule has 1 amide bonds. The average molecular weight is 367 g/mol. The van der Waals surface area contributed by atoms with Gasteiger partial charge >= 0.3 is 5.97 Å². The number of carboxylic acid groups (broad SMARTS) is 1. The van der Waals surface area contributed by atoms with Gasteiger partial charge < -0.3 is 15.3 Å². The van der Waals surface area contributed by atoms with Gasteiger partial charge in [-0.1, -0.05) is 24.3 Å². The zero-order chi connectivity index (χ0) is 19.4. The van der Waals surface area contributed by atoms with Gasteiger partial charge in [0.05, 0.1) is 17.9 Å². The monoisotopic (exact) mass is 367 g/mol. The Labute approximate surface area is 157 Å². The Morgan fingerprint density at radius 3 is 2.59 bits per heavy atom. The molecule has 1 aliphatic heterocycles. The lowest BCUT2D eigenvalue weighted by Gasteiger charge is -2.19. The molecule has 0 aliphatic carbocycles. The molecule has 0 bridgehead atoms. The van der Waals surface area contributed by atoms with E-state index in [9.17, 15) is 14.7 Å². The van der Waals surface area contributed by atoms with Crippen LogP contribution >= 0.6 is 0 Å². The number of hydrogen-bond acceptors (Lipinski definition) is 6. The number of para-hydroxylation sites is 1. The van der Waals surface area contributed by atoms with Gasteiger partial charge in [-0.2, -0.15) is 5.10 Å². The number of anilines is 2. The topological polar surface area (TPSA) is 98.1 Å². The number of carboxylic acids is 1. The third kappa shape index (κ3) is 4.22. The molecule has 8 nitrogen and oxygen atoms in total. The second-order valence-electron chi connectivity index (χ2n) is 6.35. The number of hydrogen-bond donors (Lipinski definition) is 2. The average Bonchev–Trinajstić information content (AvgIpc) is 3.13. The van der Waals surface area contributed by atoms with Crippen LogP contribution in [0.15, 0.2) is 53.6 Å². The maximum Gasteiger partial charge on any atom is 0.328 e. The minimum atomic E-state index is -1.02. The van der Waals surface area contributed by atoms with Crippen LogP contribution in [0.1, 0.15) is 12.1 Å². The van der Waals surface area contributed by atoms with E-state index in [1.807, 2.05) is 43.3 Å². The summed E-state index contributed by atoms with van der Waals surface area (Å²) >= 11 is 0. The largest absolute Gasteiger partial charge is 0.480 e. The number of aromatic nitrogens is 1. The zero-order valence-corrected chi connectivity index (χ0v) is 15.2. The van der Waals surface area contributed by atoms with Gasteiger partial charge in [-0.3, -0.25) is 9.80 Å². The van der Waals surface area contributed by atoms with Crippen molar-refractivity contribution in [3.63, 3.8) is 0 Å². The lowest BCUT2D eigenvalue weighted by molar-refractivity contribution is -0.138. The van der Waals surface area contributed by atoms with Crippen LogP contribution in [0.2, 0.25) is 0 Å². The number of carbonyl (C=O) groups is 2. The molecule has 0 spiro atoms. The maximum absolute atomic E-state index is 12.5. The SMILES string of the molecule is CN(C)c1cccc(CNC(=O)C2=NN(c3ccccc3)C(C(=O)O)C2)n1. The van der Waals surface area contributed by atoms with Gasteiger partial charge in [-0.25, -0.2) is 9.78 Å². The predicted octanol–water partition coefficient (Wildman–Crippen LogP) is 1.48. The van der Waals surface area contributed by atoms with Crippen LogP contribution in [0.5, 0.6) is 0 Å². The fourth-order valence-electron chi connectivity index (χ4n) is 2.75. The molecule has 3 rings (SSSR count). The molecule has 0 radical (unpaired) electrons. The van der Waals surface area contributed by atoms with Crippen LogP contribution in [-0.2, 0) is 16.1 Å². The van der Waals surface area contributed by atoms with Gasteiger partial charge in [0, 0.05) is 20.5 Å². The standard InChI is InChI=1S/C19H21N5O3/c1-23(2)17-10-6-7-13(21-17)12-20-18(25)15-11-16(19(26)27)24(22-15)14-8-4-3-5-9-14/h3-10,16H,11-12H2,1-2H3,(H,20,25)(H,26,27). The Bertz CT molecular complexity index is 867. The van der Waals surface area contributed by atoms with E-state index >= 15 is 0 Å². The molecule has 1 aromatic carbocycles. The van der Waals surface area contributed by atoms with Crippen molar-refractivity contribution < 1.29 is 14.7 Å². The number of hydrazone groups is 1. The first-order valence-electron chi connectivity index (χ1n) is 8.51. The fraction of sp³-hybridized carbons (Fsp3) is 0.263. The highest BCUT2D eigenvalue weighted by atomic mass is 16.4. The molecule has 8 heteroatoms. The van der Waals surface area contributed by atoms with Crippen molar-refractivity contribution in [2.24, 2.45) is 5.10 Å². The Kier molecular flexibility index (Phi) is 5.35. The van der Waals surface area contributed by atoms with Crippen LogP contribution in [0.3, 0.4) is 0 Å². The first kappa shape index (κ1) is 18.4. The number of benzene rings is 1. The molecule has 2 aromatic rings. The number of carbonyl (C=O) groups excluding carboxylic acids is 1. The van der Waals surface area contributed by atoms with Crippen molar-refractivity contribution in [2.45, 2.75) is 19.0 Å². The van der Waals surface area contributed by atoms with Crippen LogP contribution in [0, 0.1) is 0 Å². The molecule has 27 heavy (non-hydrogen) atoms. The van der Waals surface area contributed by atoms with Crippen molar-refractivity contribution in [1.29, 1.82) is 0 Å². The Morgan fingerprint density at radius 2 is 1.93 bits per heavy atom. The lowest BCUT2D eigenvalue weighted by atomic mass is 10.1. The summed E-state index contributed by atoms with van der Waals surface area (Å²) in [6.45, 7) is 0.239. The molecule has 2 heterocycles. The van der Waals surface area contributed by atoms with Crippen LogP contribution in [-0.4, -0.2) is 47.8 Å². The predicted molar refractivity (Wildman–Crippen MR) is 103 cm³/mol. The molecular weight excluding hydrogens is 346 g/mol. The molecule has 0 fully saturated rings. The van der Waals surface area contributed by atoms with E-state index in [-0.39, 0.29) is 18.7 Å². The molecule has 1 aliphatic rings. The van der Waals surface area contributed by atoms with Crippen molar-refractivity contribution >= 4 is 29.1 Å². The van der Waals surface area contributed by atoms with Crippen molar-refractivity contribution in [3.05, 3.63) is 54.2 Å². The Hall–Kier alpha value is -3.42. The first-order valence-corrected chi connectivity index (χ1v) is 8.51. The van der Waals surface area contributed by atoms with E-state index < -0.39 is 17.9 Å². The highest BCUT2D eigenvalue weighted by molar-refractivity contribution is 6.40. The van der Waals surface area contributed by atoms with E-state index in [1.165, 1.54) is 5.01 Å². The molecule has 1 aromatic heterocycles. The summed E-state index contributed by atoms with van der Waals surface area (Å²) in [5.41, 5.74) is 1.53. The van der Waals surface area contributed by atoms with Crippen LogP contribution in [0.4, 0.5) is 11.5 Å². The summed E-state index contributed by atoms with van der Waals surface area (Å²) in [5.74, 6) is -0.622. The fourth-order valence-corrected chi connectivity index (χ4v) is 2.75. The minimum absolute atomic E-state index is 0.0429. The highest BCUT2D eigenvalue weighted by Crippen LogP contribution is 2.24. The van der Waals surface area contributed by atoms with Gasteiger partial charge in [0.1, 0.15) is 11.5 Å². The summed E-state index contributed by atoms with van der Waals surface area (Å²) in [6, 6.07) is 13.6. The summed E-state index contributed by atoms with van der Waals surface area (Å²) in [7, 11) is 3.78. The smallest absolute Gasteiger partial charge is 0.328 e. The number of aliphatic carboxylic acids is 1. The number of nitrogens with one attached hydrogen (secondary N) is 1. The van der Waals surface area contributed by atoms with E-state index in [2.05, 4.69) is 15.4 Å². The second-order valence-corrected chi connectivity index (χ2v) is 6.35. The molecule has 1 unspecified atom stereocenters. The van der Waals surface area contributed by atoms with Crippen molar-refractivity contribution in [1.82, 2.24) is 10.3 Å². The van der Waals surface area contributed by atoms with Crippen molar-refractivity contribution in [2.75, 3.05) is 24.0 Å². The third-order valence-electron chi connectivity index (χ3n) is 4.16. The Balaban J connectivity index is 1.71. The summed E-state index contributed by atoms with van der Waals surface area (Å²) in [6.07, 6.45) is 0.0429.